The maximum absolute atomic E-state index is 10.6. The van der Waals surface area contributed by atoms with Gasteiger partial charge < -0.3 is 0 Å². The predicted octanol–water partition coefficient (Wildman–Crippen LogP) is 1.90. The van der Waals surface area contributed by atoms with Crippen LogP contribution >= 0.6 is 34.5 Å². The Labute approximate surface area is 76.0 Å². The first-order valence-corrected chi connectivity index (χ1v) is 4.09. The van der Waals surface area contributed by atoms with E-state index in [2.05, 4.69) is 4.98 Å². The highest BCUT2D eigenvalue weighted by Gasteiger charge is 2.16. The molecule has 0 fully saturated rings. The summed E-state index contributed by atoms with van der Waals surface area (Å²) in [5, 5.41) is -1.48. The molecule has 0 bridgehead atoms. The summed E-state index contributed by atoms with van der Waals surface area (Å²) in [6, 6.07) is 0. The van der Waals surface area contributed by atoms with Gasteiger partial charge in [0.05, 0.1) is 5.51 Å². The normalized spacial score (nSPS) is 9.64. The number of hydrogen-bond acceptors (Lipinski definition) is 4. The van der Waals surface area contributed by atoms with Gasteiger partial charge in [0.15, 0.2) is 0 Å². The maximum atomic E-state index is 10.6. The number of aromatic nitrogens is 1. The monoisotopic (exact) mass is 209 g/mol. The van der Waals surface area contributed by atoms with E-state index in [1.54, 1.807) is 0 Å². The van der Waals surface area contributed by atoms with Crippen LogP contribution < -0.4 is 0 Å². The molecule has 1 aromatic heterocycles. The summed E-state index contributed by atoms with van der Waals surface area (Å²) < 4.78 is 0. The van der Waals surface area contributed by atoms with Gasteiger partial charge in [-0.25, -0.2) is 4.98 Å². The van der Waals surface area contributed by atoms with E-state index in [1.807, 2.05) is 0 Å². The summed E-state index contributed by atoms with van der Waals surface area (Å²) in [6.07, 6.45) is 0. The Morgan fingerprint density at radius 2 is 2.00 bits per heavy atom. The Balaban J connectivity index is 3.16. The van der Waals surface area contributed by atoms with Crippen molar-refractivity contribution in [1.29, 1.82) is 0 Å². The fourth-order valence-corrected chi connectivity index (χ4v) is 1.56. The van der Waals surface area contributed by atoms with Gasteiger partial charge in [0.2, 0.25) is 0 Å². The molecule has 0 aliphatic heterocycles. The number of halogens is 2. The number of nitrogens with zero attached hydrogens (tertiary/aromatic N) is 1. The van der Waals surface area contributed by atoms with Crippen molar-refractivity contribution < 1.29 is 9.59 Å². The zero-order valence-corrected chi connectivity index (χ0v) is 7.33. The lowest BCUT2D eigenvalue weighted by Gasteiger charge is -1.86. The van der Waals surface area contributed by atoms with Crippen molar-refractivity contribution in [2.45, 2.75) is 0 Å². The van der Waals surface area contributed by atoms with Crippen molar-refractivity contribution in [2.24, 2.45) is 0 Å². The molecule has 0 aliphatic rings. The van der Waals surface area contributed by atoms with Crippen LogP contribution in [0, 0.1) is 0 Å². The third-order valence-corrected chi connectivity index (χ3v) is 2.24. The first kappa shape index (κ1) is 8.64. The van der Waals surface area contributed by atoms with E-state index in [1.165, 1.54) is 5.51 Å². The Kier molecular flexibility index (Phi) is 2.59. The van der Waals surface area contributed by atoms with Gasteiger partial charge in [0.25, 0.3) is 10.5 Å². The van der Waals surface area contributed by atoms with E-state index < -0.39 is 10.5 Å². The van der Waals surface area contributed by atoms with Crippen LogP contribution in [0.2, 0.25) is 0 Å². The number of carbonyl (C=O) groups is 2. The molecule has 0 N–H and O–H groups in total. The van der Waals surface area contributed by atoms with E-state index in [9.17, 15) is 9.59 Å². The summed E-state index contributed by atoms with van der Waals surface area (Å²) in [7, 11) is 0. The van der Waals surface area contributed by atoms with Gasteiger partial charge in [-0.1, -0.05) is 0 Å². The van der Waals surface area contributed by atoms with E-state index >= 15 is 0 Å². The molecule has 3 nitrogen and oxygen atoms in total. The minimum atomic E-state index is -0.768. The molecule has 0 amide bonds. The molecule has 0 radical (unpaired) electrons. The Hall–Kier alpha value is -0.450. The minimum Gasteiger partial charge on any atom is -0.275 e. The van der Waals surface area contributed by atoms with Crippen LogP contribution in [0.15, 0.2) is 5.51 Å². The highest BCUT2D eigenvalue weighted by Crippen LogP contribution is 2.17. The molecular weight excluding hydrogens is 209 g/mol. The fraction of sp³-hybridized carbons (Fsp3) is 0. The molecule has 0 unspecified atom stereocenters. The van der Waals surface area contributed by atoms with Crippen LogP contribution in [0.3, 0.4) is 0 Å². The number of carbonyl (C=O) groups excluding carboxylic acids is 2. The van der Waals surface area contributed by atoms with Crippen LogP contribution in [0.4, 0.5) is 0 Å². The molecule has 11 heavy (non-hydrogen) atoms. The Bertz CT molecular complexity index is 281. The molecule has 0 aromatic carbocycles. The summed E-state index contributed by atoms with van der Waals surface area (Å²) in [4.78, 5) is 24.7. The molecular formula is C5HCl2NO2S. The van der Waals surface area contributed by atoms with Crippen molar-refractivity contribution in [3.63, 3.8) is 0 Å². The van der Waals surface area contributed by atoms with Crippen LogP contribution in [0.25, 0.3) is 0 Å². The van der Waals surface area contributed by atoms with Crippen LogP contribution in [0.1, 0.15) is 20.2 Å². The summed E-state index contributed by atoms with van der Waals surface area (Å²) in [6.45, 7) is 0. The van der Waals surface area contributed by atoms with Gasteiger partial charge >= 0.3 is 0 Å². The van der Waals surface area contributed by atoms with E-state index in [0.717, 1.165) is 11.3 Å². The minimum absolute atomic E-state index is 0.0725. The van der Waals surface area contributed by atoms with Gasteiger partial charge in [-0.05, 0) is 23.2 Å². The van der Waals surface area contributed by atoms with Gasteiger partial charge in [0.1, 0.15) is 10.6 Å². The maximum Gasteiger partial charge on any atom is 0.272 e. The zero-order chi connectivity index (χ0) is 8.43. The van der Waals surface area contributed by atoms with E-state index in [4.69, 9.17) is 23.2 Å². The fourth-order valence-electron chi connectivity index (χ4n) is 0.526. The molecule has 6 heteroatoms. The standard InChI is InChI=1S/C5HCl2NO2S/c6-4(9)2-3(5(7)10)11-1-8-2/h1H. The van der Waals surface area contributed by atoms with Crippen molar-refractivity contribution in [3.05, 3.63) is 16.1 Å². The molecule has 0 saturated carbocycles. The smallest absolute Gasteiger partial charge is 0.272 e. The molecule has 1 aromatic rings. The van der Waals surface area contributed by atoms with Crippen LogP contribution in [-0.2, 0) is 0 Å². The third kappa shape index (κ3) is 1.77. The zero-order valence-electron chi connectivity index (χ0n) is 5.01. The average molecular weight is 210 g/mol. The summed E-state index contributed by atoms with van der Waals surface area (Å²) >= 11 is 11.2. The van der Waals surface area contributed by atoms with Crippen LogP contribution in [-0.4, -0.2) is 15.5 Å². The van der Waals surface area contributed by atoms with Crippen molar-refractivity contribution >= 4 is 45.0 Å². The lowest BCUT2D eigenvalue weighted by molar-refractivity contribution is 0.105. The average Bonchev–Trinajstić information content (AvgIpc) is 2.32. The highest BCUT2D eigenvalue weighted by atomic mass is 35.5. The lowest BCUT2D eigenvalue weighted by atomic mass is 10.4. The summed E-state index contributed by atoms with van der Waals surface area (Å²) in [5.74, 6) is 0. The molecule has 0 saturated heterocycles. The van der Waals surface area contributed by atoms with Gasteiger partial charge in [-0.15, -0.1) is 11.3 Å². The quantitative estimate of drug-likeness (QED) is 0.700. The topological polar surface area (TPSA) is 47.0 Å². The second kappa shape index (κ2) is 3.30. The van der Waals surface area contributed by atoms with Gasteiger partial charge in [0, 0.05) is 0 Å². The molecule has 1 heterocycles. The van der Waals surface area contributed by atoms with Crippen molar-refractivity contribution in [3.8, 4) is 0 Å². The molecule has 1 rings (SSSR count). The predicted molar refractivity (Wildman–Crippen MR) is 42.5 cm³/mol. The van der Waals surface area contributed by atoms with Crippen molar-refractivity contribution in [2.75, 3.05) is 0 Å². The summed E-state index contributed by atoms with van der Waals surface area (Å²) in [5.41, 5.74) is 1.27. The molecule has 58 valence electrons. The largest absolute Gasteiger partial charge is 0.275 e. The number of hydrogen-bond donors (Lipinski definition) is 0. The lowest BCUT2D eigenvalue weighted by Crippen LogP contribution is -1.96. The third-order valence-electron chi connectivity index (χ3n) is 0.932. The molecule has 0 aliphatic carbocycles. The van der Waals surface area contributed by atoms with E-state index in [0.29, 0.717) is 0 Å². The first-order chi connectivity index (χ1) is 5.13. The second-order valence-corrected chi connectivity index (χ2v) is 3.12. The van der Waals surface area contributed by atoms with Crippen molar-refractivity contribution in [1.82, 2.24) is 4.98 Å². The first-order valence-electron chi connectivity index (χ1n) is 2.46. The number of rotatable bonds is 2. The van der Waals surface area contributed by atoms with Crippen LogP contribution in [0.5, 0.6) is 0 Å². The molecule has 0 atom stereocenters. The number of thiazole rings is 1. The Morgan fingerprint density at radius 1 is 1.36 bits per heavy atom. The highest BCUT2D eigenvalue weighted by molar-refractivity contribution is 7.14. The second-order valence-electron chi connectivity index (χ2n) is 1.58. The van der Waals surface area contributed by atoms with E-state index in [-0.39, 0.29) is 10.6 Å². The Morgan fingerprint density at radius 3 is 2.36 bits per heavy atom. The molecule has 0 spiro atoms. The van der Waals surface area contributed by atoms with Gasteiger partial charge in [-0.2, -0.15) is 0 Å². The van der Waals surface area contributed by atoms with Gasteiger partial charge in [-0.3, -0.25) is 9.59 Å². The SMILES string of the molecule is O=C(Cl)c1ncsc1C(=O)Cl.